The molecule has 1 aromatic rings. The first-order chi connectivity index (χ1) is 7.24. The molecule has 0 bridgehead atoms. The smallest absolute Gasteiger partial charge is 0.252 e. The van der Waals surface area contributed by atoms with Crippen molar-refractivity contribution in [2.75, 3.05) is 25.0 Å². The van der Waals surface area contributed by atoms with Gasteiger partial charge in [0.1, 0.15) is 5.82 Å². The summed E-state index contributed by atoms with van der Waals surface area (Å²) < 4.78 is 1.86. The standard InChI is InChI=1S/C11H17N3O/c1-13-7-2-8-14-10(15)4-3-9(5-6-12)11(13)14/h3-4H,2,5-8,12H2,1H3. The number of aromatic nitrogens is 1. The van der Waals surface area contributed by atoms with Crippen LogP contribution in [0.3, 0.4) is 0 Å². The minimum absolute atomic E-state index is 0.0947. The molecule has 0 aromatic carbocycles. The van der Waals surface area contributed by atoms with Crippen LogP contribution in [0.25, 0.3) is 0 Å². The number of anilines is 1. The second-order valence-corrected chi connectivity index (χ2v) is 3.99. The lowest BCUT2D eigenvalue weighted by molar-refractivity contribution is 0.561. The summed E-state index contributed by atoms with van der Waals surface area (Å²) in [6.07, 6.45) is 1.87. The summed E-state index contributed by atoms with van der Waals surface area (Å²) in [6.45, 7) is 2.47. The van der Waals surface area contributed by atoms with E-state index >= 15 is 0 Å². The van der Waals surface area contributed by atoms with Crippen LogP contribution in [-0.2, 0) is 13.0 Å². The zero-order valence-corrected chi connectivity index (χ0v) is 9.07. The Labute approximate surface area is 89.3 Å². The van der Waals surface area contributed by atoms with Gasteiger partial charge in [0.05, 0.1) is 0 Å². The predicted molar refractivity (Wildman–Crippen MR) is 61.3 cm³/mol. The third-order valence-electron chi connectivity index (χ3n) is 2.89. The van der Waals surface area contributed by atoms with Gasteiger partial charge < -0.3 is 10.6 Å². The first-order valence-corrected chi connectivity index (χ1v) is 5.38. The first kappa shape index (κ1) is 10.2. The molecule has 4 heteroatoms. The van der Waals surface area contributed by atoms with Crippen LogP contribution in [-0.4, -0.2) is 24.7 Å². The Balaban J connectivity index is 2.54. The molecule has 1 aliphatic heterocycles. The van der Waals surface area contributed by atoms with E-state index in [1.54, 1.807) is 6.07 Å². The number of hydrogen-bond acceptors (Lipinski definition) is 3. The highest BCUT2D eigenvalue weighted by Gasteiger charge is 2.17. The van der Waals surface area contributed by atoms with Crippen molar-refractivity contribution >= 4 is 5.82 Å². The van der Waals surface area contributed by atoms with Crippen molar-refractivity contribution in [3.63, 3.8) is 0 Å². The predicted octanol–water partition coefficient (Wildman–Crippen LogP) is 0.189. The van der Waals surface area contributed by atoms with E-state index in [9.17, 15) is 4.79 Å². The van der Waals surface area contributed by atoms with E-state index in [0.29, 0.717) is 6.54 Å². The van der Waals surface area contributed by atoms with Gasteiger partial charge in [0, 0.05) is 26.2 Å². The lowest BCUT2D eigenvalue weighted by atomic mass is 10.1. The molecule has 1 aliphatic rings. The van der Waals surface area contributed by atoms with Crippen molar-refractivity contribution in [3.8, 4) is 0 Å². The van der Waals surface area contributed by atoms with Crippen LogP contribution in [0.5, 0.6) is 0 Å². The second-order valence-electron chi connectivity index (χ2n) is 3.99. The van der Waals surface area contributed by atoms with Crippen molar-refractivity contribution in [1.29, 1.82) is 0 Å². The molecule has 2 rings (SSSR count). The average Bonchev–Trinajstić information content (AvgIpc) is 2.23. The Morgan fingerprint density at radius 1 is 1.40 bits per heavy atom. The van der Waals surface area contributed by atoms with Crippen molar-refractivity contribution in [3.05, 3.63) is 28.0 Å². The lowest BCUT2D eigenvalue weighted by Crippen LogP contribution is -2.36. The summed E-state index contributed by atoms with van der Waals surface area (Å²) >= 11 is 0. The van der Waals surface area contributed by atoms with Gasteiger partial charge in [0.2, 0.25) is 0 Å². The highest BCUT2D eigenvalue weighted by atomic mass is 16.1. The van der Waals surface area contributed by atoms with E-state index in [-0.39, 0.29) is 5.56 Å². The van der Waals surface area contributed by atoms with Crippen LogP contribution < -0.4 is 16.2 Å². The summed E-state index contributed by atoms with van der Waals surface area (Å²) in [5.41, 5.74) is 6.85. The normalized spacial score (nSPS) is 15.2. The average molecular weight is 207 g/mol. The Hall–Kier alpha value is -1.29. The van der Waals surface area contributed by atoms with E-state index in [1.807, 2.05) is 17.7 Å². The molecule has 2 heterocycles. The number of nitrogens with zero attached hydrogens (tertiary/aromatic N) is 2. The SMILES string of the molecule is CN1CCCn2c1c(CCN)ccc2=O. The largest absolute Gasteiger partial charge is 0.361 e. The number of pyridine rings is 1. The van der Waals surface area contributed by atoms with Gasteiger partial charge in [-0.1, -0.05) is 0 Å². The molecule has 0 fully saturated rings. The molecule has 0 saturated carbocycles. The molecule has 0 unspecified atom stereocenters. The van der Waals surface area contributed by atoms with Crippen LogP contribution >= 0.6 is 0 Å². The highest BCUT2D eigenvalue weighted by molar-refractivity contribution is 5.48. The van der Waals surface area contributed by atoms with E-state index in [0.717, 1.165) is 31.7 Å². The molecule has 15 heavy (non-hydrogen) atoms. The Morgan fingerprint density at radius 2 is 2.20 bits per heavy atom. The van der Waals surface area contributed by atoms with Gasteiger partial charge in [-0.3, -0.25) is 9.36 Å². The number of hydrogen-bond donors (Lipinski definition) is 1. The molecule has 4 nitrogen and oxygen atoms in total. The maximum atomic E-state index is 11.7. The molecule has 1 aromatic heterocycles. The zero-order valence-electron chi connectivity index (χ0n) is 9.07. The molecule has 0 saturated heterocycles. The minimum Gasteiger partial charge on any atom is -0.361 e. The van der Waals surface area contributed by atoms with Crippen LogP contribution in [0.2, 0.25) is 0 Å². The van der Waals surface area contributed by atoms with Gasteiger partial charge in [-0.15, -0.1) is 0 Å². The van der Waals surface area contributed by atoms with Gasteiger partial charge >= 0.3 is 0 Å². The summed E-state index contributed by atoms with van der Waals surface area (Å²) in [5, 5.41) is 0. The Kier molecular flexibility index (Phi) is 2.77. The molecule has 0 amide bonds. The topological polar surface area (TPSA) is 51.3 Å². The van der Waals surface area contributed by atoms with Gasteiger partial charge in [-0.2, -0.15) is 0 Å². The number of fused-ring (bicyclic) bond motifs is 1. The van der Waals surface area contributed by atoms with E-state index in [1.165, 1.54) is 5.56 Å². The molecule has 2 N–H and O–H groups in total. The van der Waals surface area contributed by atoms with Crippen molar-refractivity contribution in [2.24, 2.45) is 5.73 Å². The van der Waals surface area contributed by atoms with Gasteiger partial charge in [0.25, 0.3) is 5.56 Å². The molecule has 0 radical (unpaired) electrons. The molecular weight excluding hydrogens is 190 g/mol. The summed E-state index contributed by atoms with van der Waals surface area (Å²) in [4.78, 5) is 13.8. The summed E-state index contributed by atoms with van der Waals surface area (Å²) in [7, 11) is 2.03. The Bertz CT molecular complexity index is 411. The third-order valence-corrected chi connectivity index (χ3v) is 2.89. The summed E-state index contributed by atoms with van der Waals surface area (Å²) in [5.74, 6) is 1.05. The fraction of sp³-hybridized carbons (Fsp3) is 0.545. The summed E-state index contributed by atoms with van der Waals surface area (Å²) in [6, 6.07) is 3.55. The molecule has 82 valence electrons. The van der Waals surface area contributed by atoms with E-state index < -0.39 is 0 Å². The molecule has 0 aliphatic carbocycles. The Morgan fingerprint density at radius 3 is 2.93 bits per heavy atom. The minimum atomic E-state index is 0.0947. The fourth-order valence-corrected chi connectivity index (χ4v) is 2.20. The second kappa shape index (κ2) is 4.06. The third kappa shape index (κ3) is 1.77. The van der Waals surface area contributed by atoms with Gasteiger partial charge in [0.15, 0.2) is 0 Å². The van der Waals surface area contributed by atoms with E-state index in [2.05, 4.69) is 4.90 Å². The molecule has 0 spiro atoms. The fourth-order valence-electron chi connectivity index (χ4n) is 2.20. The quantitative estimate of drug-likeness (QED) is 0.753. The van der Waals surface area contributed by atoms with Crippen molar-refractivity contribution in [1.82, 2.24) is 4.57 Å². The molecule has 0 atom stereocenters. The van der Waals surface area contributed by atoms with Crippen LogP contribution in [0.15, 0.2) is 16.9 Å². The number of rotatable bonds is 2. The monoisotopic (exact) mass is 207 g/mol. The van der Waals surface area contributed by atoms with Crippen LogP contribution in [0.1, 0.15) is 12.0 Å². The maximum absolute atomic E-state index is 11.7. The first-order valence-electron chi connectivity index (χ1n) is 5.38. The van der Waals surface area contributed by atoms with Crippen LogP contribution in [0, 0.1) is 0 Å². The van der Waals surface area contributed by atoms with Crippen molar-refractivity contribution < 1.29 is 0 Å². The number of nitrogens with two attached hydrogens (primary N) is 1. The van der Waals surface area contributed by atoms with Gasteiger partial charge in [-0.25, -0.2) is 0 Å². The lowest BCUT2D eigenvalue weighted by Gasteiger charge is -2.30. The van der Waals surface area contributed by atoms with Gasteiger partial charge in [-0.05, 0) is 31.0 Å². The van der Waals surface area contributed by atoms with Crippen LogP contribution in [0.4, 0.5) is 5.82 Å². The maximum Gasteiger partial charge on any atom is 0.252 e. The molecular formula is C11H17N3O. The zero-order chi connectivity index (χ0) is 10.8. The van der Waals surface area contributed by atoms with Crippen molar-refractivity contribution in [2.45, 2.75) is 19.4 Å². The highest BCUT2D eigenvalue weighted by Crippen LogP contribution is 2.21. The van der Waals surface area contributed by atoms with E-state index in [4.69, 9.17) is 5.73 Å².